The molecule has 1 atom stereocenters. The third kappa shape index (κ3) is 5.68. The van der Waals surface area contributed by atoms with Crippen LogP contribution < -0.4 is 15.5 Å². The van der Waals surface area contributed by atoms with Crippen molar-refractivity contribution in [2.75, 3.05) is 23.3 Å². The van der Waals surface area contributed by atoms with Crippen molar-refractivity contribution in [3.05, 3.63) is 11.2 Å². The number of hydrogen-bond acceptors (Lipinski definition) is 4. The van der Waals surface area contributed by atoms with Crippen LogP contribution >= 0.6 is 23.8 Å². The molecule has 5 nitrogen and oxygen atoms in total. The highest BCUT2D eigenvalue weighted by molar-refractivity contribution is 7.80. The summed E-state index contributed by atoms with van der Waals surface area (Å²) in [4.78, 5) is 11.2. The number of nitrogens with zero attached hydrogens (tertiary/aromatic N) is 3. The van der Waals surface area contributed by atoms with Crippen LogP contribution in [0.2, 0.25) is 5.15 Å². The molecule has 2 N–H and O–H groups in total. The summed E-state index contributed by atoms with van der Waals surface area (Å²) < 4.78 is 0. The van der Waals surface area contributed by atoms with Gasteiger partial charge in [-0.25, -0.2) is 4.98 Å². The van der Waals surface area contributed by atoms with Gasteiger partial charge in [-0.1, -0.05) is 44.2 Å². The van der Waals surface area contributed by atoms with Crippen LogP contribution in [0.25, 0.3) is 0 Å². The molecule has 1 aromatic heterocycles. The molecule has 0 unspecified atom stereocenters. The highest BCUT2D eigenvalue weighted by Gasteiger charge is 2.19. The molecule has 7 heteroatoms. The fourth-order valence-electron chi connectivity index (χ4n) is 3.77. The zero-order valence-corrected chi connectivity index (χ0v) is 16.5. The summed E-state index contributed by atoms with van der Waals surface area (Å²) in [6.07, 6.45) is 10.0. The Morgan fingerprint density at radius 2 is 1.92 bits per heavy atom. The lowest BCUT2D eigenvalue weighted by molar-refractivity contribution is 0.444. The minimum Gasteiger partial charge on any atom is -0.360 e. The lowest BCUT2D eigenvalue weighted by atomic mass is 10.0. The van der Waals surface area contributed by atoms with E-state index in [0.717, 1.165) is 18.9 Å². The van der Waals surface area contributed by atoms with Gasteiger partial charge in [-0.15, -0.1) is 0 Å². The summed E-state index contributed by atoms with van der Waals surface area (Å²) in [7, 11) is 0. The standard InChI is InChI=1S/C18H28ClN5S/c1-13-7-6-10-24(12-13)16-11-15(19)21-17(22-16)23-18(25)20-14-8-4-2-3-5-9-14/h11,13-14H,2-10,12H2,1H3,(H2,20,21,22,23,25)/t13-/m0/s1. The lowest BCUT2D eigenvalue weighted by Crippen LogP contribution is -2.38. The highest BCUT2D eigenvalue weighted by Crippen LogP contribution is 2.24. The Labute approximate surface area is 160 Å². The number of rotatable bonds is 3. The van der Waals surface area contributed by atoms with Crippen LogP contribution in [0.5, 0.6) is 0 Å². The van der Waals surface area contributed by atoms with Crippen LogP contribution in [0.15, 0.2) is 6.07 Å². The first-order valence-electron chi connectivity index (χ1n) is 9.47. The van der Waals surface area contributed by atoms with Crippen molar-refractivity contribution in [3.8, 4) is 0 Å². The zero-order valence-electron chi connectivity index (χ0n) is 14.9. The maximum Gasteiger partial charge on any atom is 0.232 e. The summed E-state index contributed by atoms with van der Waals surface area (Å²) in [5.41, 5.74) is 0. The summed E-state index contributed by atoms with van der Waals surface area (Å²) in [6, 6.07) is 2.29. The van der Waals surface area contributed by atoms with Crippen molar-refractivity contribution in [1.82, 2.24) is 15.3 Å². The quantitative estimate of drug-likeness (QED) is 0.460. The number of piperidine rings is 1. The molecule has 0 radical (unpaired) electrons. The summed E-state index contributed by atoms with van der Waals surface area (Å²) in [6.45, 7) is 4.30. The molecule has 0 aromatic carbocycles. The largest absolute Gasteiger partial charge is 0.360 e. The Morgan fingerprint density at radius 3 is 2.64 bits per heavy atom. The van der Waals surface area contributed by atoms with Crippen LogP contribution in [0.4, 0.5) is 11.8 Å². The van der Waals surface area contributed by atoms with Crippen molar-refractivity contribution in [1.29, 1.82) is 0 Å². The Morgan fingerprint density at radius 1 is 1.16 bits per heavy atom. The van der Waals surface area contributed by atoms with Crippen LogP contribution in [0, 0.1) is 5.92 Å². The molecular weight excluding hydrogens is 354 g/mol. The smallest absolute Gasteiger partial charge is 0.232 e. The van der Waals surface area contributed by atoms with E-state index in [-0.39, 0.29) is 0 Å². The van der Waals surface area contributed by atoms with Gasteiger partial charge in [0, 0.05) is 25.2 Å². The molecule has 25 heavy (non-hydrogen) atoms. The third-order valence-corrected chi connectivity index (χ3v) is 5.49. The number of thiocarbonyl (C=S) groups is 1. The van der Waals surface area contributed by atoms with Gasteiger partial charge in [-0.2, -0.15) is 4.98 Å². The molecule has 138 valence electrons. The van der Waals surface area contributed by atoms with E-state index in [4.69, 9.17) is 23.8 Å². The van der Waals surface area contributed by atoms with E-state index < -0.39 is 0 Å². The minimum absolute atomic E-state index is 0.447. The van der Waals surface area contributed by atoms with Gasteiger partial charge in [0.05, 0.1) is 0 Å². The number of nitrogens with one attached hydrogen (secondary N) is 2. The zero-order chi connectivity index (χ0) is 17.6. The number of aromatic nitrogens is 2. The van der Waals surface area contributed by atoms with E-state index in [2.05, 4.69) is 32.4 Å². The number of halogens is 1. The molecule has 1 aromatic rings. The summed E-state index contributed by atoms with van der Waals surface area (Å²) in [5.74, 6) is 2.04. The molecule has 2 aliphatic rings. The summed E-state index contributed by atoms with van der Waals surface area (Å²) in [5, 5.41) is 7.58. The van der Waals surface area contributed by atoms with Crippen molar-refractivity contribution in [2.45, 2.75) is 64.3 Å². The Kier molecular flexibility index (Phi) is 6.70. The maximum absolute atomic E-state index is 6.22. The molecule has 1 aliphatic carbocycles. The first-order valence-corrected chi connectivity index (χ1v) is 10.3. The maximum atomic E-state index is 6.22. The van der Waals surface area contributed by atoms with E-state index in [9.17, 15) is 0 Å². The molecular formula is C18H28ClN5S. The lowest BCUT2D eigenvalue weighted by Gasteiger charge is -2.32. The third-order valence-electron chi connectivity index (χ3n) is 5.08. The Balaban J connectivity index is 1.62. The van der Waals surface area contributed by atoms with Crippen LogP contribution in [0.3, 0.4) is 0 Å². The first kappa shape index (κ1) is 18.6. The van der Waals surface area contributed by atoms with Crippen molar-refractivity contribution >= 4 is 40.7 Å². The SMILES string of the molecule is C[C@H]1CCCN(c2cc(Cl)nc(NC(=S)NC3CCCCCC3)n2)C1. The molecule has 1 aliphatic heterocycles. The van der Waals surface area contributed by atoms with Crippen LogP contribution in [0.1, 0.15) is 58.3 Å². The predicted molar refractivity (Wildman–Crippen MR) is 108 cm³/mol. The first-order chi connectivity index (χ1) is 12.1. The van der Waals surface area contributed by atoms with Crippen LogP contribution in [-0.4, -0.2) is 34.2 Å². The topological polar surface area (TPSA) is 53.1 Å². The molecule has 0 amide bonds. The van der Waals surface area contributed by atoms with Crippen molar-refractivity contribution < 1.29 is 0 Å². The van der Waals surface area contributed by atoms with Crippen molar-refractivity contribution in [2.24, 2.45) is 5.92 Å². The average molecular weight is 382 g/mol. The molecule has 0 spiro atoms. The Bertz CT molecular complexity index is 589. The van der Waals surface area contributed by atoms with Gasteiger partial charge in [0.1, 0.15) is 11.0 Å². The predicted octanol–water partition coefficient (Wildman–Crippen LogP) is 4.38. The highest BCUT2D eigenvalue weighted by atomic mass is 35.5. The van der Waals surface area contributed by atoms with Gasteiger partial charge < -0.3 is 15.5 Å². The minimum atomic E-state index is 0.447. The van der Waals surface area contributed by atoms with Gasteiger partial charge in [0.2, 0.25) is 5.95 Å². The van der Waals surface area contributed by atoms with E-state index in [1.807, 2.05) is 6.07 Å². The fraction of sp³-hybridized carbons (Fsp3) is 0.722. The van der Waals surface area contributed by atoms with Crippen molar-refractivity contribution in [3.63, 3.8) is 0 Å². The van der Waals surface area contributed by atoms with Gasteiger partial charge in [-0.3, -0.25) is 0 Å². The average Bonchev–Trinajstić information content (AvgIpc) is 2.83. The molecule has 2 heterocycles. The van der Waals surface area contributed by atoms with Gasteiger partial charge in [0.15, 0.2) is 5.11 Å². The molecule has 3 rings (SSSR count). The number of anilines is 2. The Hall–Kier alpha value is -1.14. The second-order valence-electron chi connectivity index (χ2n) is 7.35. The van der Waals surface area contributed by atoms with Gasteiger partial charge in [-0.05, 0) is 43.8 Å². The monoisotopic (exact) mass is 381 g/mol. The molecule has 1 saturated carbocycles. The normalized spacial score (nSPS) is 22.3. The van der Waals surface area contributed by atoms with E-state index in [0.29, 0.717) is 28.2 Å². The van der Waals surface area contributed by atoms with Gasteiger partial charge >= 0.3 is 0 Å². The number of hydrogen-bond donors (Lipinski definition) is 2. The fourth-order valence-corrected chi connectivity index (χ4v) is 4.20. The molecule has 2 fully saturated rings. The van der Waals surface area contributed by atoms with E-state index in [1.54, 1.807) is 0 Å². The van der Waals surface area contributed by atoms with Gasteiger partial charge in [0.25, 0.3) is 0 Å². The van der Waals surface area contributed by atoms with E-state index >= 15 is 0 Å². The van der Waals surface area contributed by atoms with E-state index in [1.165, 1.54) is 51.4 Å². The van der Waals surface area contributed by atoms with Crippen LogP contribution in [-0.2, 0) is 0 Å². The second kappa shape index (κ2) is 8.99. The molecule has 0 bridgehead atoms. The molecule has 1 saturated heterocycles. The summed E-state index contributed by atoms with van der Waals surface area (Å²) >= 11 is 11.7. The second-order valence-corrected chi connectivity index (χ2v) is 8.15.